The highest BCUT2D eigenvalue weighted by molar-refractivity contribution is 5.82. The van der Waals surface area contributed by atoms with Crippen LogP contribution in [0.25, 0.3) is 0 Å². The van der Waals surface area contributed by atoms with Crippen molar-refractivity contribution in [1.29, 1.82) is 0 Å². The molecule has 0 aromatic heterocycles. The Bertz CT molecular complexity index is 276. The normalized spacial score (nSPS) is 31.5. The summed E-state index contributed by atoms with van der Waals surface area (Å²) in [6.07, 6.45) is 6.33. The third-order valence-electron chi connectivity index (χ3n) is 4.58. The fraction of sp³-hybridized carbons (Fsp3) is 0.923. The van der Waals surface area contributed by atoms with Gasteiger partial charge in [0.2, 0.25) is 5.91 Å². The Hall–Kier alpha value is -0.610. The molecular weight excluding hydrogens is 214 g/mol. The average Bonchev–Trinajstić information content (AvgIpc) is 2.80. The van der Waals surface area contributed by atoms with Crippen molar-refractivity contribution in [1.82, 2.24) is 15.1 Å². The van der Waals surface area contributed by atoms with Gasteiger partial charge in [0.1, 0.15) is 0 Å². The summed E-state index contributed by atoms with van der Waals surface area (Å²) in [6.45, 7) is 5.06. The van der Waals surface area contributed by atoms with E-state index in [1.807, 2.05) is 0 Å². The largest absolute Gasteiger partial charge is 0.339 e. The van der Waals surface area contributed by atoms with E-state index in [-0.39, 0.29) is 6.04 Å². The lowest BCUT2D eigenvalue weighted by atomic mass is 9.91. The summed E-state index contributed by atoms with van der Waals surface area (Å²) in [6, 6.07) is 0.946. The van der Waals surface area contributed by atoms with Crippen LogP contribution in [-0.2, 0) is 4.79 Å². The molecule has 0 unspecified atom stereocenters. The molecule has 3 aliphatic rings. The maximum Gasteiger partial charge on any atom is 0.239 e. The average molecular weight is 237 g/mol. The summed E-state index contributed by atoms with van der Waals surface area (Å²) >= 11 is 0. The van der Waals surface area contributed by atoms with E-state index < -0.39 is 0 Å². The van der Waals surface area contributed by atoms with Gasteiger partial charge in [0.05, 0.1) is 6.04 Å². The van der Waals surface area contributed by atoms with Gasteiger partial charge < -0.3 is 10.2 Å². The number of carbonyl (C=O) groups excluding carboxylic acids is 1. The highest BCUT2D eigenvalue weighted by Gasteiger charge is 2.32. The van der Waals surface area contributed by atoms with Crippen LogP contribution in [0.15, 0.2) is 0 Å². The smallest absolute Gasteiger partial charge is 0.239 e. The third kappa shape index (κ3) is 2.33. The van der Waals surface area contributed by atoms with E-state index in [1.165, 1.54) is 19.3 Å². The number of nitrogens with zero attached hydrogens (tertiary/aromatic N) is 2. The SMILES string of the molecule is O=C([C@@H]1CCCN1)N1CCN(C2CCC2)CC1. The predicted molar refractivity (Wildman–Crippen MR) is 66.8 cm³/mol. The highest BCUT2D eigenvalue weighted by Crippen LogP contribution is 2.25. The van der Waals surface area contributed by atoms with Crippen LogP contribution in [0, 0.1) is 0 Å². The first-order chi connectivity index (χ1) is 8.34. The minimum Gasteiger partial charge on any atom is -0.339 e. The van der Waals surface area contributed by atoms with Crippen LogP contribution < -0.4 is 5.32 Å². The second kappa shape index (κ2) is 4.94. The number of nitrogens with one attached hydrogen (secondary N) is 1. The lowest BCUT2D eigenvalue weighted by molar-refractivity contribution is -0.135. The molecule has 1 amide bonds. The fourth-order valence-electron chi connectivity index (χ4n) is 3.18. The Morgan fingerprint density at radius 3 is 2.29 bits per heavy atom. The molecule has 4 nitrogen and oxygen atoms in total. The zero-order valence-electron chi connectivity index (χ0n) is 10.5. The Kier molecular flexibility index (Phi) is 3.34. The Morgan fingerprint density at radius 2 is 1.76 bits per heavy atom. The number of amides is 1. The Labute approximate surface area is 103 Å². The Balaban J connectivity index is 1.48. The van der Waals surface area contributed by atoms with Crippen molar-refractivity contribution in [3.63, 3.8) is 0 Å². The number of rotatable bonds is 2. The molecule has 0 aromatic rings. The lowest BCUT2D eigenvalue weighted by Crippen LogP contribution is -2.56. The van der Waals surface area contributed by atoms with Crippen LogP contribution in [0.4, 0.5) is 0 Å². The molecule has 3 fully saturated rings. The van der Waals surface area contributed by atoms with Gasteiger partial charge in [0.25, 0.3) is 0 Å². The molecule has 1 saturated carbocycles. The van der Waals surface area contributed by atoms with Crippen LogP contribution in [-0.4, -0.2) is 60.5 Å². The van der Waals surface area contributed by atoms with Crippen LogP contribution in [0.1, 0.15) is 32.1 Å². The van der Waals surface area contributed by atoms with E-state index in [4.69, 9.17) is 0 Å². The molecule has 0 radical (unpaired) electrons. The van der Waals surface area contributed by atoms with Crippen molar-refractivity contribution < 1.29 is 4.79 Å². The van der Waals surface area contributed by atoms with Crippen molar-refractivity contribution in [2.45, 2.75) is 44.2 Å². The zero-order valence-corrected chi connectivity index (χ0v) is 10.5. The molecule has 1 aliphatic carbocycles. The summed E-state index contributed by atoms with van der Waals surface area (Å²) < 4.78 is 0. The summed E-state index contributed by atoms with van der Waals surface area (Å²) in [5.74, 6) is 0.343. The molecule has 1 N–H and O–H groups in total. The third-order valence-corrected chi connectivity index (χ3v) is 4.58. The van der Waals surface area contributed by atoms with Crippen molar-refractivity contribution in [3.05, 3.63) is 0 Å². The second-order valence-electron chi connectivity index (χ2n) is 5.59. The number of carbonyl (C=O) groups is 1. The quantitative estimate of drug-likeness (QED) is 0.757. The van der Waals surface area contributed by atoms with E-state index in [0.717, 1.165) is 51.6 Å². The molecule has 96 valence electrons. The van der Waals surface area contributed by atoms with Crippen molar-refractivity contribution >= 4 is 5.91 Å². The van der Waals surface area contributed by atoms with Gasteiger partial charge in [0, 0.05) is 32.2 Å². The molecule has 2 aliphatic heterocycles. The van der Waals surface area contributed by atoms with Gasteiger partial charge in [-0.3, -0.25) is 9.69 Å². The first-order valence-electron chi connectivity index (χ1n) is 7.11. The van der Waals surface area contributed by atoms with Crippen LogP contribution >= 0.6 is 0 Å². The van der Waals surface area contributed by atoms with Crippen LogP contribution in [0.3, 0.4) is 0 Å². The van der Waals surface area contributed by atoms with Gasteiger partial charge >= 0.3 is 0 Å². The second-order valence-corrected chi connectivity index (χ2v) is 5.59. The molecule has 0 bridgehead atoms. The molecule has 4 heteroatoms. The van der Waals surface area contributed by atoms with E-state index in [9.17, 15) is 4.79 Å². The number of hydrogen-bond donors (Lipinski definition) is 1. The standard InChI is InChI=1S/C13H23N3O/c17-13(12-5-2-6-14-12)16-9-7-15(8-10-16)11-3-1-4-11/h11-12,14H,1-10H2/t12-/m0/s1. The van der Waals surface area contributed by atoms with Gasteiger partial charge in [-0.1, -0.05) is 6.42 Å². The first-order valence-corrected chi connectivity index (χ1v) is 7.11. The van der Waals surface area contributed by atoms with Crippen LogP contribution in [0.2, 0.25) is 0 Å². The van der Waals surface area contributed by atoms with Gasteiger partial charge in [0.15, 0.2) is 0 Å². The monoisotopic (exact) mass is 237 g/mol. The predicted octanol–water partition coefficient (Wildman–Crippen LogP) is 0.435. The molecule has 0 aromatic carbocycles. The molecule has 2 saturated heterocycles. The van der Waals surface area contributed by atoms with E-state index in [0.29, 0.717) is 5.91 Å². The number of hydrogen-bond acceptors (Lipinski definition) is 3. The van der Waals surface area contributed by atoms with Gasteiger partial charge in [-0.15, -0.1) is 0 Å². The van der Waals surface area contributed by atoms with Crippen molar-refractivity contribution in [2.24, 2.45) is 0 Å². The van der Waals surface area contributed by atoms with E-state index in [2.05, 4.69) is 15.1 Å². The van der Waals surface area contributed by atoms with E-state index in [1.54, 1.807) is 0 Å². The summed E-state index contributed by atoms with van der Waals surface area (Å²) in [5.41, 5.74) is 0. The molecule has 2 heterocycles. The minimum absolute atomic E-state index is 0.116. The molecule has 0 spiro atoms. The first kappa shape index (κ1) is 11.5. The van der Waals surface area contributed by atoms with Gasteiger partial charge in [-0.2, -0.15) is 0 Å². The lowest BCUT2D eigenvalue weighted by Gasteiger charge is -2.43. The Morgan fingerprint density at radius 1 is 1.00 bits per heavy atom. The summed E-state index contributed by atoms with van der Waals surface area (Å²) in [4.78, 5) is 16.9. The van der Waals surface area contributed by atoms with E-state index >= 15 is 0 Å². The van der Waals surface area contributed by atoms with Gasteiger partial charge in [-0.05, 0) is 32.2 Å². The molecule has 3 rings (SSSR count). The maximum absolute atomic E-state index is 12.2. The molecular formula is C13H23N3O. The summed E-state index contributed by atoms with van der Waals surface area (Å²) in [7, 11) is 0. The maximum atomic E-state index is 12.2. The van der Waals surface area contributed by atoms with Gasteiger partial charge in [-0.25, -0.2) is 0 Å². The zero-order chi connectivity index (χ0) is 11.7. The molecule has 17 heavy (non-hydrogen) atoms. The topological polar surface area (TPSA) is 35.6 Å². The fourth-order valence-corrected chi connectivity index (χ4v) is 3.18. The molecule has 1 atom stereocenters. The van der Waals surface area contributed by atoms with Crippen LogP contribution in [0.5, 0.6) is 0 Å². The van der Waals surface area contributed by atoms with Crippen molar-refractivity contribution in [3.8, 4) is 0 Å². The van der Waals surface area contributed by atoms with Crippen molar-refractivity contribution in [2.75, 3.05) is 32.7 Å². The highest BCUT2D eigenvalue weighted by atomic mass is 16.2. The minimum atomic E-state index is 0.116. The number of piperazine rings is 1. The summed E-state index contributed by atoms with van der Waals surface area (Å²) in [5, 5.41) is 3.31.